The molecule has 200 valence electrons. The molecule has 0 aliphatic carbocycles. The molecule has 12 nitrogen and oxygen atoms in total. The molecule has 0 aromatic heterocycles. The molecule has 0 aromatic carbocycles. The fourth-order valence-corrected chi connectivity index (χ4v) is 3.07. The van der Waals surface area contributed by atoms with E-state index in [9.17, 15) is 24.9 Å². The van der Waals surface area contributed by atoms with Gasteiger partial charge in [0.2, 0.25) is 11.8 Å². The van der Waals surface area contributed by atoms with Crippen molar-refractivity contribution in [3.8, 4) is 0 Å². The molecule has 0 bridgehead atoms. The van der Waals surface area contributed by atoms with Crippen LogP contribution in [-0.4, -0.2) is 115 Å². The normalized spacial score (nSPS) is 25.7. The maximum Gasteiger partial charge on any atom is 0.245 e. The van der Waals surface area contributed by atoms with Gasteiger partial charge in [-0.1, -0.05) is 13.8 Å². The van der Waals surface area contributed by atoms with Crippen LogP contribution in [0.3, 0.4) is 0 Å². The number of ether oxygens (including phenoxy) is 4. The van der Waals surface area contributed by atoms with Crippen molar-refractivity contribution in [2.75, 3.05) is 46.1 Å². The molecule has 0 radical (unpaired) electrons. The van der Waals surface area contributed by atoms with Gasteiger partial charge in [-0.15, -0.1) is 0 Å². The number of aliphatic hydroxyl groups is 4. The third kappa shape index (κ3) is 10.5. The van der Waals surface area contributed by atoms with Crippen LogP contribution >= 0.6 is 0 Å². The van der Waals surface area contributed by atoms with Gasteiger partial charge in [0.25, 0.3) is 0 Å². The Hall–Kier alpha value is -1.38. The average molecular weight is 495 g/mol. The molecule has 0 spiro atoms. The predicted octanol–water partition coefficient (Wildman–Crippen LogP) is -1.72. The quantitative estimate of drug-likeness (QED) is 0.144. The van der Waals surface area contributed by atoms with Gasteiger partial charge in [0.1, 0.15) is 24.9 Å². The summed E-state index contributed by atoms with van der Waals surface area (Å²) >= 11 is 0. The molecule has 5 atom stereocenters. The van der Waals surface area contributed by atoms with Crippen molar-refractivity contribution in [2.45, 2.75) is 77.3 Å². The Morgan fingerprint density at radius 3 is 2.26 bits per heavy atom. The van der Waals surface area contributed by atoms with Gasteiger partial charge < -0.3 is 50.0 Å². The van der Waals surface area contributed by atoms with E-state index < -0.39 is 54.2 Å². The Labute approximate surface area is 200 Å². The first-order valence-corrected chi connectivity index (χ1v) is 11.5. The van der Waals surface area contributed by atoms with Gasteiger partial charge in [0.05, 0.1) is 31.5 Å². The van der Waals surface area contributed by atoms with Crippen molar-refractivity contribution < 1.29 is 49.0 Å². The number of aliphatic hydroxyl groups excluding tert-OH is 4. The second-order valence-corrected chi connectivity index (χ2v) is 9.60. The van der Waals surface area contributed by atoms with Crippen LogP contribution in [0.2, 0.25) is 0 Å². The number of carbonyl (C=O) groups excluding carboxylic acids is 2. The van der Waals surface area contributed by atoms with Gasteiger partial charge in [0.15, 0.2) is 6.29 Å². The summed E-state index contributed by atoms with van der Waals surface area (Å²) in [6.45, 7) is 9.64. The monoisotopic (exact) mass is 494 g/mol. The lowest BCUT2D eigenvalue weighted by molar-refractivity contribution is -0.294. The summed E-state index contributed by atoms with van der Waals surface area (Å²) in [5.74, 6) is -0.624. The minimum absolute atomic E-state index is 0.0998. The topological polar surface area (TPSA) is 176 Å². The number of carbonyl (C=O) groups is 2. The molecule has 1 saturated heterocycles. The smallest absolute Gasteiger partial charge is 0.245 e. The fraction of sp³-hybridized carbons (Fsp3) is 0.909. The molecule has 0 unspecified atom stereocenters. The van der Waals surface area contributed by atoms with E-state index in [1.54, 1.807) is 6.92 Å². The molecular weight excluding hydrogens is 452 g/mol. The minimum Gasteiger partial charge on any atom is -0.388 e. The zero-order valence-electron chi connectivity index (χ0n) is 20.8. The van der Waals surface area contributed by atoms with Crippen molar-refractivity contribution in [3.63, 3.8) is 0 Å². The van der Waals surface area contributed by atoms with E-state index in [2.05, 4.69) is 10.6 Å². The Bertz CT molecular complexity index is 631. The second kappa shape index (κ2) is 14.2. The Morgan fingerprint density at radius 2 is 1.62 bits per heavy atom. The van der Waals surface area contributed by atoms with Crippen LogP contribution < -0.4 is 10.6 Å². The maximum atomic E-state index is 12.5. The highest BCUT2D eigenvalue weighted by atomic mass is 16.7. The molecule has 0 aromatic rings. The summed E-state index contributed by atoms with van der Waals surface area (Å²) < 4.78 is 21.9. The SMILES string of the molecule is C[C@@H]1O[C@@H](OCCOCCNC(=O)C(C)(C)CCOC(C)(C)CNC(=O)CO)[C@H](O)[C@H](O)[C@H]1O. The minimum atomic E-state index is -1.36. The third-order valence-electron chi connectivity index (χ3n) is 5.54. The van der Waals surface area contributed by atoms with Crippen molar-refractivity contribution in [3.05, 3.63) is 0 Å². The lowest BCUT2D eigenvalue weighted by atomic mass is 9.88. The number of hydrogen-bond donors (Lipinski definition) is 6. The molecule has 1 rings (SSSR count). The second-order valence-electron chi connectivity index (χ2n) is 9.60. The van der Waals surface area contributed by atoms with Gasteiger partial charge in [-0.05, 0) is 27.2 Å². The molecule has 12 heteroatoms. The molecule has 1 fully saturated rings. The summed E-state index contributed by atoms with van der Waals surface area (Å²) in [6, 6.07) is 0. The Balaban J connectivity index is 2.19. The third-order valence-corrected chi connectivity index (χ3v) is 5.54. The summed E-state index contributed by atoms with van der Waals surface area (Å²) in [4.78, 5) is 23.6. The van der Waals surface area contributed by atoms with Crippen LogP contribution in [0.5, 0.6) is 0 Å². The molecule has 0 saturated carbocycles. The van der Waals surface area contributed by atoms with Gasteiger partial charge in [-0.2, -0.15) is 0 Å². The molecule has 1 aliphatic rings. The van der Waals surface area contributed by atoms with E-state index in [-0.39, 0.29) is 32.3 Å². The van der Waals surface area contributed by atoms with Gasteiger partial charge in [0, 0.05) is 25.1 Å². The Kier molecular flexibility index (Phi) is 12.8. The number of amides is 2. The van der Waals surface area contributed by atoms with E-state index in [0.29, 0.717) is 19.6 Å². The zero-order chi connectivity index (χ0) is 25.9. The van der Waals surface area contributed by atoms with Crippen LogP contribution in [0.4, 0.5) is 0 Å². The summed E-state index contributed by atoms with van der Waals surface area (Å²) in [5.41, 5.74) is -1.31. The summed E-state index contributed by atoms with van der Waals surface area (Å²) in [5, 5.41) is 43.4. The molecular formula is C22H42N2O10. The average Bonchev–Trinajstić information content (AvgIpc) is 2.78. The summed E-state index contributed by atoms with van der Waals surface area (Å²) in [6.07, 6.45) is -5.16. The van der Waals surface area contributed by atoms with Gasteiger partial charge in [-0.3, -0.25) is 9.59 Å². The van der Waals surface area contributed by atoms with Gasteiger partial charge >= 0.3 is 0 Å². The highest BCUT2D eigenvalue weighted by molar-refractivity contribution is 5.81. The van der Waals surface area contributed by atoms with Crippen LogP contribution in [0.1, 0.15) is 41.0 Å². The maximum absolute atomic E-state index is 12.5. The van der Waals surface area contributed by atoms with Gasteiger partial charge in [-0.25, -0.2) is 0 Å². The number of hydrogen-bond acceptors (Lipinski definition) is 10. The van der Waals surface area contributed by atoms with E-state index >= 15 is 0 Å². The first-order valence-electron chi connectivity index (χ1n) is 11.5. The van der Waals surface area contributed by atoms with E-state index in [4.69, 9.17) is 24.1 Å². The molecule has 34 heavy (non-hydrogen) atoms. The van der Waals surface area contributed by atoms with E-state index in [1.165, 1.54) is 0 Å². The number of nitrogens with one attached hydrogen (secondary N) is 2. The first-order chi connectivity index (χ1) is 15.8. The molecule has 6 N–H and O–H groups in total. The largest absolute Gasteiger partial charge is 0.388 e. The molecule has 2 amide bonds. The van der Waals surface area contributed by atoms with Crippen LogP contribution in [-0.2, 0) is 28.5 Å². The highest BCUT2D eigenvalue weighted by Gasteiger charge is 2.42. The van der Waals surface area contributed by atoms with Crippen LogP contribution in [0.25, 0.3) is 0 Å². The van der Waals surface area contributed by atoms with E-state index in [1.807, 2.05) is 27.7 Å². The molecule has 1 aliphatic heterocycles. The highest BCUT2D eigenvalue weighted by Crippen LogP contribution is 2.23. The predicted molar refractivity (Wildman–Crippen MR) is 121 cm³/mol. The van der Waals surface area contributed by atoms with E-state index in [0.717, 1.165) is 0 Å². The number of rotatable bonds is 15. The van der Waals surface area contributed by atoms with Crippen molar-refractivity contribution in [1.82, 2.24) is 10.6 Å². The van der Waals surface area contributed by atoms with Crippen LogP contribution in [0.15, 0.2) is 0 Å². The standard InChI is InChI=1S/C22H42N2O10/c1-14-16(27)17(28)18(29)19(34-14)32-11-10-31-9-7-23-20(30)21(2,3)6-8-33-22(4,5)13-24-15(26)12-25/h14,16-19,25,27-29H,6-13H2,1-5H3,(H,23,30)(H,24,26)/t14-,16-,17+,18+,19+/m0/s1. The summed E-state index contributed by atoms with van der Waals surface area (Å²) in [7, 11) is 0. The van der Waals surface area contributed by atoms with Crippen molar-refractivity contribution in [1.29, 1.82) is 0 Å². The lowest BCUT2D eigenvalue weighted by Crippen LogP contribution is -2.57. The first kappa shape index (κ1) is 30.7. The van der Waals surface area contributed by atoms with Crippen LogP contribution in [0, 0.1) is 5.41 Å². The molecule has 1 heterocycles. The zero-order valence-corrected chi connectivity index (χ0v) is 20.8. The van der Waals surface area contributed by atoms with Crippen molar-refractivity contribution >= 4 is 11.8 Å². The van der Waals surface area contributed by atoms with Crippen molar-refractivity contribution in [2.24, 2.45) is 5.41 Å². The Morgan fingerprint density at radius 1 is 0.941 bits per heavy atom. The fourth-order valence-electron chi connectivity index (χ4n) is 3.07. The lowest BCUT2D eigenvalue weighted by Gasteiger charge is -2.38.